The van der Waals surface area contributed by atoms with Crippen molar-refractivity contribution in [3.63, 3.8) is 0 Å². The van der Waals surface area contributed by atoms with E-state index in [0.717, 1.165) is 4.90 Å². The first kappa shape index (κ1) is 14.3. The lowest BCUT2D eigenvalue weighted by atomic mass is 10.2. The highest BCUT2D eigenvalue weighted by Crippen LogP contribution is 2.34. The van der Waals surface area contributed by atoms with Crippen LogP contribution in [0.2, 0.25) is 0 Å². The number of thioether (sulfide) groups is 1. The normalized spacial score (nSPS) is 10.1. The van der Waals surface area contributed by atoms with Crippen LogP contribution in [0.1, 0.15) is 10.4 Å². The summed E-state index contributed by atoms with van der Waals surface area (Å²) in [7, 11) is 1.52. The van der Waals surface area contributed by atoms with E-state index in [1.165, 1.54) is 24.9 Å². The molecular weight excluding hydrogens is 276 g/mol. The van der Waals surface area contributed by atoms with E-state index in [-0.39, 0.29) is 11.3 Å². The van der Waals surface area contributed by atoms with Crippen molar-refractivity contribution in [3.8, 4) is 17.2 Å². The maximum Gasteiger partial charge on any atom is 0.339 e. The molecule has 0 aromatic heterocycles. The summed E-state index contributed by atoms with van der Waals surface area (Å²) >= 11 is 1.54. The van der Waals surface area contributed by atoms with Crippen molar-refractivity contribution in [1.29, 1.82) is 0 Å². The molecule has 0 saturated heterocycles. The second kappa shape index (κ2) is 6.34. The van der Waals surface area contributed by atoms with Crippen molar-refractivity contribution >= 4 is 17.7 Å². The number of carboxylic acids is 1. The van der Waals surface area contributed by atoms with Gasteiger partial charge in [0, 0.05) is 11.0 Å². The summed E-state index contributed by atoms with van der Waals surface area (Å²) in [6, 6.07) is 12.1. The van der Waals surface area contributed by atoms with Crippen molar-refractivity contribution in [2.75, 3.05) is 13.4 Å². The number of hydrogen-bond acceptors (Lipinski definition) is 4. The Labute approximate surface area is 121 Å². The summed E-state index contributed by atoms with van der Waals surface area (Å²) in [5.41, 5.74) is 0.0988. The van der Waals surface area contributed by atoms with E-state index in [1.54, 1.807) is 18.2 Å². The van der Waals surface area contributed by atoms with Crippen LogP contribution in [0.5, 0.6) is 17.2 Å². The van der Waals surface area contributed by atoms with Gasteiger partial charge >= 0.3 is 5.97 Å². The van der Waals surface area contributed by atoms with E-state index in [1.807, 2.05) is 24.5 Å². The first-order chi connectivity index (χ1) is 9.65. The molecule has 2 aromatic carbocycles. The lowest BCUT2D eigenvalue weighted by Gasteiger charge is -2.12. The molecule has 0 aliphatic rings. The minimum atomic E-state index is -1.04. The molecule has 0 radical (unpaired) electrons. The zero-order valence-corrected chi connectivity index (χ0v) is 11.9. The first-order valence-corrected chi connectivity index (χ1v) is 7.10. The van der Waals surface area contributed by atoms with Crippen LogP contribution in [0.15, 0.2) is 47.4 Å². The van der Waals surface area contributed by atoms with Gasteiger partial charge in [0.05, 0.1) is 7.11 Å². The van der Waals surface area contributed by atoms with Gasteiger partial charge in [-0.1, -0.05) is 12.1 Å². The third-order valence-electron chi connectivity index (χ3n) is 2.71. The summed E-state index contributed by atoms with van der Waals surface area (Å²) in [5.74, 6) is 0.394. The molecule has 0 bridgehead atoms. The van der Waals surface area contributed by atoms with Crippen LogP contribution >= 0.6 is 11.8 Å². The fourth-order valence-corrected chi connectivity index (χ4v) is 2.24. The SMILES string of the molecule is COc1ccc(C(=O)O)c(Oc2ccccc2SC)c1. The molecule has 0 atom stereocenters. The zero-order valence-electron chi connectivity index (χ0n) is 11.1. The predicted octanol–water partition coefficient (Wildman–Crippen LogP) is 3.91. The van der Waals surface area contributed by atoms with Crippen molar-refractivity contribution < 1.29 is 19.4 Å². The first-order valence-electron chi connectivity index (χ1n) is 5.88. The molecule has 5 heteroatoms. The molecule has 0 unspecified atom stereocenters. The standard InChI is InChI=1S/C15H14O4S/c1-18-10-7-8-11(15(16)17)13(9-10)19-12-5-3-4-6-14(12)20-2/h3-9H,1-2H3,(H,16,17). The Bertz CT molecular complexity index is 625. The third-order valence-corrected chi connectivity index (χ3v) is 3.49. The van der Waals surface area contributed by atoms with E-state index >= 15 is 0 Å². The third kappa shape index (κ3) is 3.05. The number of hydrogen-bond donors (Lipinski definition) is 1. The molecule has 0 aliphatic carbocycles. The average Bonchev–Trinajstić information content (AvgIpc) is 2.47. The van der Waals surface area contributed by atoms with E-state index in [0.29, 0.717) is 11.5 Å². The van der Waals surface area contributed by atoms with Crippen LogP contribution < -0.4 is 9.47 Å². The Hall–Kier alpha value is -2.14. The molecule has 0 saturated carbocycles. The highest BCUT2D eigenvalue weighted by molar-refractivity contribution is 7.98. The fourth-order valence-electron chi connectivity index (χ4n) is 1.71. The van der Waals surface area contributed by atoms with Crippen LogP contribution in [-0.2, 0) is 0 Å². The zero-order chi connectivity index (χ0) is 14.5. The van der Waals surface area contributed by atoms with Gasteiger partial charge in [-0.25, -0.2) is 4.79 Å². The van der Waals surface area contributed by atoms with Gasteiger partial charge in [0.1, 0.15) is 22.8 Å². The second-order valence-corrected chi connectivity index (χ2v) is 4.77. The largest absolute Gasteiger partial charge is 0.497 e. The summed E-state index contributed by atoms with van der Waals surface area (Å²) in [6.07, 6.45) is 1.94. The predicted molar refractivity (Wildman–Crippen MR) is 78.3 cm³/mol. The van der Waals surface area contributed by atoms with Crippen LogP contribution in [0, 0.1) is 0 Å². The summed E-state index contributed by atoms with van der Waals surface area (Å²) < 4.78 is 10.9. The lowest BCUT2D eigenvalue weighted by molar-refractivity contribution is 0.0694. The van der Waals surface area contributed by atoms with Crippen LogP contribution in [0.4, 0.5) is 0 Å². The number of ether oxygens (including phenoxy) is 2. The van der Waals surface area contributed by atoms with E-state index in [9.17, 15) is 9.90 Å². The Morgan fingerprint density at radius 2 is 1.90 bits per heavy atom. The fraction of sp³-hybridized carbons (Fsp3) is 0.133. The van der Waals surface area contributed by atoms with Gasteiger partial charge in [-0.15, -0.1) is 11.8 Å². The van der Waals surface area contributed by atoms with Crippen molar-refractivity contribution in [2.24, 2.45) is 0 Å². The Morgan fingerprint density at radius 3 is 2.55 bits per heavy atom. The Balaban J connectivity index is 2.43. The van der Waals surface area contributed by atoms with Crippen LogP contribution in [-0.4, -0.2) is 24.4 Å². The van der Waals surface area contributed by atoms with E-state index < -0.39 is 5.97 Å². The van der Waals surface area contributed by atoms with Crippen molar-refractivity contribution in [3.05, 3.63) is 48.0 Å². The molecular formula is C15H14O4S. The minimum absolute atomic E-state index is 0.0988. The number of benzene rings is 2. The van der Waals surface area contributed by atoms with Gasteiger partial charge in [-0.2, -0.15) is 0 Å². The van der Waals surface area contributed by atoms with Gasteiger partial charge in [0.15, 0.2) is 0 Å². The van der Waals surface area contributed by atoms with Gasteiger partial charge in [-0.05, 0) is 30.5 Å². The molecule has 1 N–H and O–H groups in total. The quantitative estimate of drug-likeness (QED) is 0.846. The summed E-state index contributed by atoms with van der Waals surface area (Å²) in [5, 5.41) is 9.21. The molecule has 20 heavy (non-hydrogen) atoms. The van der Waals surface area contributed by atoms with Crippen molar-refractivity contribution in [2.45, 2.75) is 4.90 Å². The highest BCUT2D eigenvalue weighted by atomic mass is 32.2. The average molecular weight is 290 g/mol. The maximum atomic E-state index is 11.2. The summed E-state index contributed by atoms with van der Waals surface area (Å²) in [6.45, 7) is 0. The monoisotopic (exact) mass is 290 g/mol. The maximum absolute atomic E-state index is 11.2. The smallest absolute Gasteiger partial charge is 0.339 e. The molecule has 4 nitrogen and oxygen atoms in total. The molecule has 2 rings (SSSR count). The summed E-state index contributed by atoms with van der Waals surface area (Å²) in [4.78, 5) is 12.2. The molecule has 0 spiro atoms. The van der Waals surface area contributed by atoms with E-state index in [2.05, 4.69) is 0 Å². The van der Waals surface area contributed by atoms with Crippen LogP contribution in [0.25, 0.3) is 0 Å². The molecule has 2 aromatic rings. The number of carboxylic acid groups (broad SMARTS) is 1. The number of carbonyl (C=O) groups is 1. The van der Waals surface area contributed by atoms with Crippen LogP contribution in [0.3, 0.4) is 0 Å². The number of methoxy groups -OCH3 is 1. The van der Waals surface area contributed by atoms with Crippen molar-refractivity contribution in [1.82, 2.24) is 0 Å². The Morgan fingerprint density at radius 1 is 1.15 bits per heavy atom. The molecule has 0 aliphatic heterocycles. The van der Waals surface area contributed by atoms with Gasteiger partial charge in [-0.3, -0.25) is 0 Å². The molecule has 104 valence electrons. The topological polar surface area (TPSA) is 55.8 Å². The number of rotatable bonds is 5. The van der Waals surface area contributed by atoms with Gasteiger partial charge in [0.25, 0.3) is 0 Å². The van der Waals surface area contributed by atoms with E-state index in [4.69, 9.17) is 9.47 Å². The molecule has 0 heterocycles. The minimum Gasteiger partial charge on any atom is -0.497 e. The lowest BCUT2D eigenvalue weighted by Crippen LogP contribution is -2.01. The van der Waals surface area contributed by atoms with Gasteiger partial charge < -0.3 is 14.6 Å². The number of aromatic carboxylic acids is 1. The number of para-hydroxylation sites is 1. The Kier molecular flexibility index (Phi) is 4.53. The van der Waals surface area contributed by atoms with Gasteiger partial charge in [0.2, 0.25) is 0 Å². The highest BCUT2D eigenvalue weighted by Gasteiger charge is 2.14. The molecule has 0 fully saturated rings. The molecule has 0 amide bonds. The second-order valence-electron chi connectivity index (χ2n) is 3.92.